The van der Waals surface area contributed by atoms with E-state index in [9.17, 15) is 0 Å². The van der Waals surface area contributed by atoms with Crippen LogP contribution in [0.4, 0.5) is 11.5 Å². The Morgan fingerprint density at radius 2 is 2.06 bits per heavy atom. The van der Waals surface area contributed by atoms with Crippen LogP contribution in [-0.2, 0) is 0 Å². The predicted molar refractivity (Wildman–Crippen MR) is 71.5 cm³/mol. The van der Waals surface area contributed by atoms with E-state index in [4.69, 9.17) is 5.73 Å². The molecule has 1 aromatic rings. The summed E-state index contributed by atoms with van der Waals surface area (Å²) in [7, 11) is 0. The summed E-state index contributed by atoms with van der Waals surface area (Å²) in [5, 5.41) is 3.50. The smallest absolute Gasteiger partial charge is 0.149 e. The largest absolute Gasteiger partial charge is 0.396 e. The lowest BCUT2D eigenvalue weighted by Gasteiger charge is -2.35. The minimum absolute atomic E-state index is 0.160. The van der Waals surface area contributed by atoms with Crippen LogP contribution in [-0.4, -0.2) is 10.5 Å². The van der Waals surface area contributed by atoms with Gasteiger partial charge in [0.05, 0.1) is 5.69 Å². The highest BCUT2D eigenvalue weighted by Crippen LogP contribution is 2.32. The zero-order chi connectivity index (χ0) is 11.6. The number of rotatable bonds is 2. The molecule has 1 aliphatic carbocycles. The van der Waals surface area contributed by atoms with Crippen molar-refractivity contribution in [3.8, 4) is 0 Å². The van der Waals surface area contributed by atoms with Crippen molar-refractivity contribution in [3.05, 3.63) is 16.7 Å². The molecule has 0 radical (unpaired) electrons. The molecule has 0 unspecified atom stereocenters. The Hall–Kier alpha value is -0.770. The third-order valence-electron chi connectivity index (χ3n) is 3.26. The number of pyridine rings is 1. The second-order valence-corrected chi connectivity index (χ2v) is 5.75. The van der Waals surface area contributed by atoms with Crippen LogP contribution >= 0.6 is 15.9 Å². The van der Waals surface area contributed by atoms with E-state index in [-0.39, 0.29) is 5.54 Å². The summed E-state index contributed by atoms with van der Waals surface area (Å²) < 4.78 is 0.921. The molecule has 0 atom stereocenters. The first kappa shape index (κ1) is 11.7. The molecule has 0 saturated heterocycles. The molecule has 16 heavy (non-hydrogen) atoms. The molecular formula is C12H18BrN3. The van der Waals surface area contributed by atoms with Crippen LogP contribution in [0.5, 0.6) is 0 Å². The van der Waals surface area contributed by atoms with Crippen LogP contribution in [0.3, 0.4) is 0 Å². The molecular weight excluding hydrogens is 266 g/mol. The van der Waals surface area contributed by atoms with Gasteiger partial charge >= 0.3 is 0 Å². The fraction of sp³-hybridized carbons (Fsp3) is 0.583. The van der Waals surface area contributed by atoms with Gasteiger partial charge in [0.2, 0.25) is 0 Å². The van der Waals surface area contributed by atoms with Crippen LogP contribution in [0.2, 0.25) is 0 Å². The monoisotopic (exact) mass is 283 g/mol. The van der Waals surface area contributed by atoms with E-state index in [0.717, 1.165) is 10.3 Å². The summed E-state index contributed by atoms with van der Waals surface area (Å²) in [6, 6.07) is 1.89. The summed E-state index contributed by atoms with van der Waals surface area (Å²) >= 11 is 3.36. The van der Waals surface area contributed by atoms with Crippen molar-refractivity contribution in [1.82, 2.24) is 4.98 Å². The molecule has 88 valence electrons. The Morgan fingerprint density at radius 3 is 2.69 bits per heavy atom. The molecule has 3 nitrogen and oxygen atoms in total. The van der Waals surface area contributed by atoms with Gasteiger partial charge in [-0.3, -0.25) is 0 Å². The number of nitrogens with one attached hydrogen (secondary N) is 1. The van der Waals surface area contributed by atoms with Crippen molar-refractivity contribution < 1.29 is 0 Å². The van der Waals surface area contributed by atoms with Gasteiger partial charge in [-0.25, -0.2) is 4.98 Å². The third kappa shape index (κ3) is 2.67. The molecule has 1 heterocycles. The fourth-order valence-corrected chi connectivity index (χ4v) is 2.65. The van der Waals surface area contributed by atoms with Crippen LogP contribution < -0.4 is 11.1 Å². The van der Waals surface area contributed by atoms with Gasteiger partial charge in [0.1, 0.15) is 5.82 Å². The van der Waals surface area contributed by atoms with E-state index in [1.807, 2.05) is 6.07 Å². The van der Waals surface area contributed by atoms with E-state index in [2.05, 4.69) is 33.2 Å². The quantitative estimate of drug-likeness (QED) is 0.873. The van der Waals surface area contributed by atoms with Crippen molar-refractivity contribution >= 4 is 27.4 Å². The number of aromatic nitrogens is 1. The molecule has 2 rings (SSSR count). The summed E-state index contributed by atoms with van der Waals surface area (Å²) in [6.45, 7) is 2.26. The summed E-state index contributed by atoms with van der Waals surface area (Å²) in [5.74, 6) is 0.813. The van der Waals surface area contributed by atoms with Crippen LogP contribution in [0, 0.1) is 0 Å². The van der Waals surface area contributed by atoms with E-state index in [0.29, 0.717) is 5.69 Å². The molecule has 0 spiro atoms. The minimum Gasteiger partial charge on any atom is -0.396 e. The molecule has 3 N–H and O–H groups in total. The Morgan fingerprint density at radius 1 is 1.38 bits per heavy atom. The van der Waals surface area contributed by atoms with Gasteiger partial charge < -0.3 is 11.1 Å². The molecule has 1 fully saturated rings. The minimum atomic E-state index is 0.160. The van der Waals surface area contributed by atoms with Gasteiger partial charge in [0.25, 0.3) is 0 Å². The number of nitrogens with two attached hydrogens (primary N) is 1. The van der Waals surface area contributed by atoms with E-state index < -0.39 is 0 Å². The van der Waals surface area contributed by atoms with Crippen molar-refractivity contribution in [3.63, 3.8) is 0 Å². The number of nitrogens with zero attached hydrogens (tertiary/aromatic N) is 1. The van der Waals surface area contributed by atoms with Gasteiger partial charge in [-0.05, 0) is 41.8 Å². The van der Waals surface area contributed by atoms with Gasteiger partial charge in [-0.2, -0.15) is 0 Å². The first-order chi connectivity index (χ1) is 7.59. The molecule has 1 aromatic heterocycles. The molecule has 4 heteroatoms. The van der Waals surface area contributed by atoms with Crippen LogP contribution in [0.1, 0.15) is 39.0 Å². The molecule has 1 saturated carbocycles. The van der Waals surface area contributed by atoms with Gasteiger partial charge in [-0.15, -0.1) is 0 Å². The van der Waals surface area contributed by atoms with Crippen molar-refractivity contribution in [1.29, 1.82) is 0 Å². The highest BCUT2D eigenvalue weighted by molar-refractivity contribution is 9.10. The molecule has 1 aliphatic rings. The fourth-order valence-electron chi connectivity index (χ4n) is 2.30. The summed E-state index contributed by atoms with van der Waals surface area (Å²) in [5.41, 5.74) is 6.81. The second-order valence-electron chi connectivity index (χ2n) is 4.84. The average molecular weight is 284 g/mol. The lowest BCUT2D eigenvalue weighted by Crippen LogP contribution is -2.37. The van der Waals surface area contributed by atoms with Crippen molar-refractivity contribution in [2.75, 3.05) is 11.1 Å². The number of anilines is 2. The molecule has 0 bridgehead atoms. The van der Waals surface area contributed by atoms with E-state index in [1.54, 1.807) is 6.20 Å². The molecule has 0 aliphatic heterocycles. The van der Waals surface area contributed by atoms with Gasteiger partial charge in [0.15, 0.2) is 0 Å². The Labute approximate surface area is 105 Å². The highest BCUT2D eigenvalue weighted by Gasteiger charge is 2.27. The van der Waals surface area contributed by atoms with Crippen LogP contribution in [0.25, 0.3) is 0 Å². The van der Waals surface area contributed by atoms with Crippen LogP contribution in [0.15, 0.2) is 16.7 Å². The van der Waals surface area contributed by atoms with Gasteiger partial charge in [0, 0.05) is 16.2 Å². The zero-order valence-electron chi connectivity index (χ0n) is 9.59. The van der Waals surface area contributed by atoms with Crippen molar-refractivity contribution in [2.24, 2.45) is 0 Å². The number of halogens is 1. The SMILES string of the molecule is CC1(Nc2ncc(Br)cc2N)CCCCC1. The zero-order valence-corrected chi connectivity index (χ0v) is 11.2. The Balaban J connectivity index is 2.13. The number of hydrogen-bond acceptors (Lipinski definition) is 3. The standard InChI is InChI=1S/C12H18BrN3/c1-12(5-3-2-4-6-12)16-11-10(14)7-9(13)8-15-11/h7-8H,2-6,14H2,1H3,(H,15,16). The molecule has 0 amide bonds. The topological polar surface area (TPSA) is 50.9 Å². The summed E-state index contributed by atoms with van der Waals surface area (Å²) in [6.07, 6.45) is 8.11. The predicted octanol–water partition coefficient (Wildman–Crippen LogP) is 3.56. The maximum atomic E-state index is 5.94. The van der Waals surface area contributed by atoms with E-state index in [1.165, 1.54) is 32.1 Å². The average Bonchev–Trinajstić information content (AvgIpc) is 2.23. The van der Waals surface area contributed by atoms with E-state index >= 15 is 0 Å². The van der Waals surface area contributed by atoms with Gasteiger partial charge in [-0.1, -0.05) is 19.3 Å². The maximum absolute atomic E-state index is 5.94. The maximum Gasteiger partial charge on any atom is 0.149 e. The Kier molecular flexibility index (Phi) is 3.38. The number of nitrogen functional groups attached to an aromatic ring is 1. The lowest BCUT2D eigenvalue weighted by atomic mass is 9.83. The first-order valence-electron chi connectivity index (χ1n) is 5.78. The lowest BCUT2D eigenvalue weighted by molar-refractivity contribution is 0.348. The Bertz CT molecular complexity index is 373. The normalized spacial score (nSPS) is 19.4. The van der Waals surface area contributed by atoms with Crippen molar-refractivity contribution in [2.45, 2.75) is 44.6 Å². The highest BCUT2D eigenvalue weighted by atomic mass is 79.9. The summed E-state index contributed by atoms with van der Waals surface area (Å²) in [4.78, 5) is 4.33. The first-order valence-corrected chi connectivity index (χ1v) is 6.58. The third-order valence-corrected chi connectivity index (χ3v) is 3.69. The second kappa shape index (κ2) is 4.62. The molecule has 0 aromatic carbocycles. The number of hydrogen-bond donors (Lipinski definition) is 2.